The normalized spacial score (nSPS) is 22.2. The van der Waals surface area contributed by atoms with Crippen LogP contribution in [0, 0.1) is 5.41 Å². The number of carboxylic acid groups (broad SMARTS) is 1. The number of rotatable bonds is 5. The first kappa shape index (κ1) is 14.0. The molecule has 19 heavy (non-hydrogen) atoms. The molecule has 106 valence electrons. The predicted octanol–water partition coefficient (Wildman–Crippen LogP) is 1.95. The molecular weight excluding hydrogens is 246 g/mol. The van der Waals surface area contributed by atoms with Gasteiger partial charge >= 0.3 is 5.97 Å². The van der Waals surface area contributed by atoms with Crippen molar-refractivity contribution in [2.45, 2.75) is 57.8 Å². The molecule has 0 unspecified atom stereocenters. The molecule has 0 radical (unpaired) electrons. The lowest BCUT2D eigenvalue weighted by Gasteiger charge is -2.30. The summed E-state index contributed by atoms with van der Waals surface area (Å²) < 4.78 is 0. The van der Waals surface area contributed by atoms with Crippen molar-refractivity contribution >= 4 is 17.8 Å². The maximum absolute atomic E-state index is 12.4. The van der Waals surface area contributed by atoms with Crippen molar-refractivity contribution in [3.63, 3.8) is 0 Å². The summed E-state index contributed by atoms with van der Waals surface area (Å²) in [5, 5.41) is 8.56. The lowest BCUT2D eigenvalue weighted by Crippen LogP contribution is -2.37. The molecule has 1 aliphatic carbocycles. The molecule has 1 aliphatic heterocycles. The Hall–Kier alpha value is -1.39. The molecule has 0 aromatic heterocycles. The Morgan fingerprint density at radius 2 is 1.84 bits per heavy atom. The van der Waals surface area contributed by atoms with Crippen LogP contribution in [0.25, 0.3) is 0 Å². The average Bonchev–Trinajstić information content (AvgIpc) is 2.59. The van der Waals surface area contributed by atoms with Gasteiger partial charge in [0, 0.05) is 19.4 Å². The van der Waals surface area contributed by atoms with Crippen LogP contribution < -0.4 is 0 Å². The number of carboxylic acids is 1. The molecule has 2 aliphatic rings. The highest BCUT2D eigenvalue weighted by Crippen LogP contribution is 2.45. The second kappa shape index (κ2) is 5.72. The molecule has 0 aromatic carbocycles. The van der Waals surface area contributed by atoms with Crippen molar-refractivity contribution in [1.82, 2.24) is 4.90 Å². The highest BCUT2D eigenvalue weighted by molar-refractivity contribution is 6.05. The standard InChI is InChI=1S/C14H21NO4/c16-11-10-14(7-3-1-4-8-14)13(19)15(11)9-5-2-6-12(17)18/h1-10H2,(H,17,18). The van der Waals surface area contributed by atoms with E-state index in [2.05, 4.69) is 0 Å². The zero-order chi connectivity index (χ0) is 13.9. The van der Waals surface area contributed by atoms with E-state index < -0.39 is 11.4 Å². The predicted molar refractivity (Wildman–Crippen MR) is 68.3 cm³/mol. The molecule has 1 saturated carbocycles. The minimum Gasteiger partial charge on any atom is -0.481 e. The van der Waals surface area contributed by atoms with Gasteiger partial charge in [-0.2, -0.15) is 0 Å². The summed E-state index contributed by atoms with van der Waals surface area (Å²) >= 11 is 0. The number of likely N-dealkylation sites (tertiary alicyclic amines) is 1. The van der Waals surface area contributed by atoms with Gasteiger partial charge in [-0.1, -0.05) is 19.3 Å². The monoisotopic (exact) mass is 267 g/mol. The summed E-state index contributed by atoms with van der Waals surface area (Å²) in [7, 11) is 0. The summed E-state index contributed by atoms with van der Waals surface area (Å²) in [6.45, 7) is 0.382. The molecule has 0 bridgehead atoms. The number of carbonyl (C=O) groups excluding carboxylic acids is 2. The first-order valence-corrected chi connectivity index (χ1v) is 7.12. The molecule has 0 atom stereocenters. The quantitative estimate of drug-likeness (QED) is 0.610. The molecule has 2 amide bonds. The first-order chi connectivity index (χ1) is 9.05. The van der Waals surface area contributed by atoms with Crippen LogP contribution in [0.3, 0.4) is 0 Å². The summed E-state index contributed by atoms with van der Waals surface area (Å²) in [6.07, 6.45) is 6.46. The number of amides is 2. The molecule has 5 nitrogen and oxygen atoms in total. The zero-order valence-corrected chi connectivity index (χ0v) is 11.2. The minimum absolute atomic E-state index is 0.00692. The summed E-state index contributed by atoms with van der Waals surface area (Å²) in [4.78, 5) is 36.2. The van der Waals surface area contributed by atoms with E-state index in [1.807, 2.05) is 0 Å². The third-order valence-electron chi connectivity index (χ3n) is 4.32. The van der Waals surface area contributed by atoms with Crippen LogP contribution in [0.2, 0.25) is 0 Å². The topological polar surface area (TPSA) is 74.7 Å². The van der Waals surface area contributed by atoms with Gasteiger partial charge in [0.1, 0.15) is 0 Å². The SMILES string of the molecule is O=C(O)CCCCN1C(=O)CC2(CCCCC2)C1=O. The molecule has 2 rings (SSSR count). The number of hydrogen-bond donors (Lipinski definition) is 1. The smallest absolute Gasteiger partial charge is 0.303 e. The lowest BCUT2D eigenvalue weighted by molar-refractivity contribution is -0.142. The van der Waals surface area contributed by atoms with Crippen LogP contribution in [0.1, 0.15) is 57.8 Å². The fourth-order valence-corrected chi connectivity index (χ4v) is 3.25. The third-order valence-corrected chi connectivity index (χ3v) is 4.32. The van der Waals surface area contributed by atoms with Crippen molar-refractivity contribution in [1.29, 1.82) is 0 Å². The van der Waals surface area contributed by atoms with Crippen LogP contribution in [0.4, 0.5) is 0 Å². The maximum Gasteiger partial charge on any atom is 0.303 e. The van der Waals surface area contributed by atoms with E-state index in [0.29, 0.717) is 25.8 Å². The number of unbranched alkanes of at least 4 members (excludes halogenated alkanes) is 1. The Morgan fingerprint density at radius 3 is 2.47 bits per heavy atom. The largest absolute Gasteiger partial charge is 0.481 e. The number of hydrogen-bond acceptors (Lipinski definition) is 3. The van der Waals surface area contributed by atoms with Crippen LogP contribution in [-0.2, 0) is 14.4 Å². The Morgan fingerprint density at radius 1 is 1.16 bits per heavy atom. The highest BCUT2D eigenvalue weighted by atomic mass is 16.4. The molecule has 1 N–H and O–H groups in total. The Labute approximate surface area is 113 Å². The van der Waals surface area contributed by atoms with Crippen LogP contribution in [0.5, 0.6) is 0 Å². The molecular formula is C14H21NO4. The van der Waals surface area contributed by atoms with Crippen molar-refractivity contribution in [2.24, 2.45) is 5.41 Å². The van der Waals surface area contributed by atoms with Gasteiger partial charge in [0.25, 0.3) is 0 Å². The fourth-order valence-electron chi connectivity index (χ4n) is 3.25. The van der Waals surface area contributed by atoms with Gasteiger partial charge in [0.2, 0.25) is 11.8 Å². The van der Waals surface area contributed by atoms with Gasteiger partial charge in [-0.25, -0.2) is 0 Å². The van der Waals surface area contributed by atoms with E-state index in [1.54, 1.807) is 0 Å². The van der Waals surface area contributed by atoms with Crippen LogP contribution >= 0.6 is 0 Å². The Kier molecular flexibility index (Phi) is 4.22. The first-order valence-electron chi connectivity index (χ1n) is 7.12. The van der Waals surface area contributed by atoms with Gasteiger partial charge in [0.05, 0.1) is 5.41 Å². The van der Waals surface area contributed by atoms with Gasteiger partial charge < -0.3 is 5.11 Å². The number of carbonyl (C=O) groups is 3. The van der Waals surface area contributed by atoms with E-state index in [0.717, 1.165) is 32.1 Å². The van der Waals surface area contributed by atoms with Crippen molar-refractivity contribution < 1.29 is 19.5 Å². The number of imide groups is 1. The van der Waals surface area contributed by atoms with E-state index in [9.17, 15) is 14.4 Å². The van der Waals surface area contributed by atoms with Crippen molar-refractivity contribution in [3.05, 3.63) is 0 Å². The second-order valence-corrected chi connectivity index (χ2v) is 5.72. The van der Waals surface area contributed by atoms with Gasteiger partial charge in [-0.15, -0.1) is 0 Å². The summed E-state index contributed by atoms with van der Waals surface area (Å²) in [5.41, 5.74) is -0.415. The zero-order valence-electron chi connectivity index (χ0n) is 11.2. The molecule has 2 fully saturated rings. The van der Waals surface area contributed by atoms with Gasteiger partial charge in [-0.3, -0.25) is 19.3 Å². The minimum atomic E-state index is -0.831. The fraction of sp³-hybridized carbons (Fsp3) is 0.786. The Bertz CT molecular complexity index is 385. The highest BCUT2D eigenvalue weighted by Gasteiger charge is 2.50. The van der Waals surface area contributed by atoms with Gasteiger partial charge in [-0.05, 0) is 25.7 Å². The van der Waals surface area contributed by atoms with E-state index >= 15 is 0 Å². The van der Waals surface area contributed by atoms with Gasteiger partial charge in [0.15, 0.2) is 0 Å². The molecule has 1 saturated heterocycles. The van der Waals surface area contributed by atoms with Crippen LogP contribution in [-0.4, -0.2) is 34.3 Å². The molecule has 1 heterocycles. The second-order valence-electron chi connectivity index (χ2n) is 5.72. The summed E-state index contributed by atoms with van der Waals surface area (Å²) in [6, 6.07) is 0. The number of nitrogens with zero attached hydrogens (tertiary/aromatic N) is 1. The molecule has 1 spiro atoms. The Balaban J connectivity index is 1.89. The molecule has 5 heteroatoms. The van der Waals surface area contributed by atoms with Crippen molar-refractivity contribution in [2.75, 3.05) is 6.54 Å². The van der Waals surface area contributed by atoms with E-state index in [4.69, 9.17) is 5.11 Å². The summed E-state index contributed by atoms with van der Waals surface area (Å²) in [5.74, 6) is -0.905. The average molecular weight is 267 g/mol. The van der Waals surface area contributed by atoms with E-state index in [-0.39, 0.29) is 18.2 Å². The van der Waals surface area contributed by atoms with Crippen LogP contribution in [0.15, 0.2) is 0 Å². The number of aliphatic carboxylic acids is 1. The lowest BCUT2D eigenvalue weighted by atomic mass is 9.73. The molecule has 0 aromatic rings. The third kappa shape index (κ3) is 2.96. The van der Waals surface area contributed by atoms with Crippen molar-refractivity contribution in [3.8, 4) is 0 Å². The van der Waals surface area contributed by atoms with E-state index in [1.165, 1.54) is 4.90 Å². The maximum atomic E-state index is 12.4.